The van der Waals surface area contributed by atoms with Crippen molar-refractivity contribution in [3.05, 3.63) is 25.7 Å². The van der Waals surface area contributed by atoms with Gasteiger partial charge in [-0.05, 0) is 34.7 Å². The number of rotatable bonds is 2. The number of aromatic amines is 1. The molecule has 0 spiro atoms. The Kier molecular flexibility index (Phi) is 3.70. The lowest BCUT2D eigenvalue weighted by Crippen LogP contribution is -1.91. The Bertz CT molecular complexity index is 571. The summed E-state index contributed by atoms with van der Waals surface area (Å²) in [5.41, 5.74) is 7.16. The highest BCUT2D eigenvalue weighted by Gasteiger charge is 2.17. The molecule has 0 atom stereocenters. The van der Waals surface area contributed by atoms with Crippen LogP contribution in [0, 0.1) is 3.57 Å². The molecular weight excluding hydrogens is 376 g/mol. The van der Waals surface area contributed by atoms with E-state index in [9.17, 15) is 0 Å². The van der Waals surface area contributed by atoms with Crippen molar-refractivity contribution in [1.82, 2.24) is 10.2 Å². The number of benzene rings is 1. The Hall–Kier alpha value is -0.660. The minimum Gasteiger partial charge on any atom is -0.494 e. The van der Waals surface area contributed by atoms with E-state index in [1.807, 2.05) is 0 Å². The van der Waals surface area contributed by atoms with Crippen molar-refractivity contribution in [3.8, 4) is 17.0 Å². The molecule has 3 N–H and O–H groups in total. The number of nitrogens with two attached hydrogens (primary N) is 1. The molecular formula is C10H8Cl2IN3O. The van der Waals surface area contributed by atoms with Gasteiger partial charge in [-0.3, -0.25) is 5.10 Å². The third-order valence-electron chi connectivity index (χ3n) is 2.21. The van der Waals surface area contributed by atoms with Crippen LogP contribution in [0.2, 0.25) is 10.0 Å². The van der Waals surface area contributed by atoms with Gasteiger partial charge in [0.2, 0.25) is 0 Å². The number of nitrogens with zero attached hydrogens (tertiary/aromatic N) is 1. The molecule has 2 rings (SSSR count). The maximum atomic E-state index is 6.07. The quantitative estimate of drug-likeness (QED) is 0.779. The van der Waals surface area contributed by atoms with Gasteiger partial charge in [0.25, 0.3) is 0 Å². The van der Waals surface area contributed by atoms with Crippen molar-refractivity contribution < 1.29 is 4.74 Å². The summed E-state index contributed by atoms with van der Waals surface area (Å²) >= 11 is 14.1. The van der Waals surface area contributed by atoms with E-state index >= 15 is 0 Å². The Morgan fingerprint density at radius 3 is 2.65 bits per heavy atom. The molecule has 0 unspecified atom stereocenters. The normalized spacial score (nSPS) is 10.6. The largest absolute Gasteiger partial charge is 0.494 e. The van der Waals surface area contributed by atoms with Gasteiger partial charge in [0, 0.05) is 10.6 Å². The lowest BCUT2D eigenvalue weighted by atomic mass is 10.1. The average molecular weight is 384 g/mol. The Morgan fingerprint density at radius 2 is 2.12 bits per heavy atom. The molecule has 1 aromatic carbocycles. The second kappa shape index (κ2) is 4.91. The van der Waals surface area contributed by atoms with E-state index in [-0.39, 0.29) is 0 Å². The first-order chi connectivity index (χ1) is 8.04. The molecule has 0 aliphatic rings. The maximum Gasteiger partial charge on any atom is 0.159 e. The van der Waals surface area contributed by atoms with Gasteiger partial charge in [0.15, 0.2) is 5.82 Å². The van der Waals surface area contributed by atoms with Crippen LogP contribution in [0.5, 0.6) is 5.75 Å². The van der Waals surface area contributed by atoms with Crippen molar-refractivity contribution in [3.63, 3.8) is 0 Å². The first-order valence-corrected chi connectivity index (χ1v) is 6.40. The number of nitrogen functional groups attached to an aromatic ring is 1. The third kappa shape index (κ3) is 2.31. The highest BCUT2D eigenvalue weighted by molar-refractivity contribution is 14.1. The van der Waals surface area contributed by atoms with Crippen LogP contribution in [0.3, 0.4) is 0 Å². The summed E-state index contributed by atoms with van der Waals surface area (Å²) in [6.07, 6.45) is 0. The molecule has 0 saturated heterocycles. The van der Waals surface area contributed by atoms with Gasteiger partial charge < -0.3 is 10.5 Å². The molecule has 1 aromatic heterocycles. The Morgan fingerprint density at radius 1 is 1.41 bits per heavy atom. The molecule has 7 heteroatoms. The molecule has 0 bridgehead atoms. The van der Waals surface area contributed by atoms with E-state index in [0.29, 0.717) is 21.6 Å². The van der Waals surface area contributed by atoms with Gasteiger partial charge in [-0.2, -0.15) is 5.10 Å². The molecule has 0 amide bonds. The monoisotopic (exact) mass is 383 g/mol. The molecule has 0 aliphatic heterocycles. The van der Waals surface area contributed by atoms with Crippen LogP contribution in [-0.2, 0) is 0 Å². The van der Waals surface area contributed by atoms with Gasteiger partial charge in [-0.25, -0.2) is 0 Å². The topological polar surface area (TPSA) is 63.9 Å². The van der Waals surface area contributed by atoms with Crippen LogP contribution >= 0.6 is 45.8 Å². The predicted molar refractivity (Wildman–Crippen MR) is 77.7 cm³/mol. The first-order valence-electron chi connectivity index (χ1n) is 4.57. The molecule has 1 heterocycles. The number of hydrogen-bond donors (Lipinski definition) is 2. The fourth-order valence-corrected chi connectivity index (χ4v) is 2.58. The number of halogens is 3. The lowest BCUT2D eigenvalue weighted by Gasteiger charge is -2.10. The zero-order chi connectivity index (χ0) is 12.6. The highest BCUT2D eigenvalue weighted by Crippen LogP contribution is 2.40. The van der Waals surface area contributed by atoms with Crippen LogP contribution in [0.15, 0.2) is 12.1 Å². The van der Waals surface area contributed by atoms with E-state index in [4.69, 9.17) is 33.7 Å². The van der Waals surface area contributed by atoms with Crippen molar-refractivity contribution in [2.45, 2.75) is 0 Å². The molecule has 0 radical (unpaired) electrons. The summed E-state index contributed by atoms with van der Waals surface area (Å²) < 4.78 is 6.07. The second-order valence-corrected chi connectivity index (χ2v) is 5.19. The van der Waals surface area contributed by atoms with Crippen molar-refractivity contribution in [1.29, 1.82) is 0 Å². The summed E-state index contributed by atoms with van der Waals surface area (Å²) in [6, 6.07) is 3.37. The summed E-state index contributed by atoms with van der Waals surface area (Å²) in [7, 11) is 1.55. The summed E-state index contributed by atoms with van der Waals surface area (Å²) in [6.45, 7) is 0. The fourth-order valence-electron chi connectivity index (χ4n) is 1.47. The summed E-state index contributed by atoms with van der Waals surface area (Å²) in [5.74, 6) is 0.969. The minimum absolute atomic E-state index is 0.429. The SMILES string of the molecule is COc1c(Cl)cc(Cl)cc1-c1[nH]nc(N)c1I. The molecule has 4 nitrogen and oxygen atoms in total. The number of methoxy groups -OCH3 is 1. The van der Waals surface area contributed by atoms with E-state index in [2.05, 4.69) is 32.8 Å². The highest BCUT2D eigenvalue weighted by atomic mass is 127. The van der Waals surface area contributed by atoms with E-state index < -0.39 is 0 Å². The number of hydrogen-bond acceptors (Lipinski definition) is 3. The zero-order valence-corrected chi connectivity index (χ0v) is 12.4. The van der Waals surface area contributed by atoms with Crippen LogP contribution in [0.4, 0.5) is 5.82 Å². The van der Waals surface area contributed by atoms with Crippen molar-refractivity contribution in [2.24, 2.45) is 0 Å². The lowest BCUT2D eigenvalue weighted by molar-refractivity contribution is 0.416. The number of aromatic nitrogens is 2. The molecule has 0 fully saturated rings. The fraction of sp³-hybridized carbons (Fsp3) is 0.100. The third-order valence-corrected chi connectivity index (χ3v) is 3.81. The van der Waals surface area contributed by atoms with Crippen LogP contribution in [0.25, 0.3) is 11.3 Å². The number of nitrogens with one attached hydrogen (secondary N) is 1. The van der Waals surface area contributed by atoms with E-state index in [1.165, 1.54) is 0 Å². The van der Waals surface area contributed by atoms with Gasteiger partial charge >= 0.3 is 0 Å². The molecule has 0 saturated carbocycles. The average Bonchev–Trinajstić information content (AvgIpc) is 2.59. The number of H-pyrrole nitrogens is 1. The van der Waals surface area contributed by atoms with Crippen LogP contribution in [0.1, 0.15) is 0 Å². The standard InChI is InChI=1S/C10H8Cl2IN3O/c1-17-9-5(2-4(11)3-6(9)12)8-7(13)10(14)16-15-8/h2-3H,1H3,(H3,14,15,16). The molecule has 90 valence electrons. The van der Waals surface area contributed by atoms with Crippen molar-refractivity contribution in [2.75, 3.05) is 12.8 Å². The predicted octanol–water partition coefficient (Wildman–Crippen LogP) is 3.58. The zero-order valence-electron chi connectivity index (χ0n) is 8.72. The Balaban J connectivity index is 2.70. The second-order valence-electron chi connectivity index (χ2n) is 3.27. The van der Waals surface area contributed by atoms with E-state index in [0.717, 1.165) is 14.8 Å². The summed E-state index contributed by atoms with van der Waals surface area (Å²) in [5, 5.41) is 7.74. The number of anilines is 1. The maximum absolute atomic E-state index is 6.07. The van der Waals surface area contributed by atoms with Gasteiger partial charge in [-0.15, -0.1) is 0 Å². The van der Waals surface area contributed by atoms with Crippen LogP contribution in [-0.4, -0.2) is 17.3 Å². The molecule has 17 heavy (non-hydrogen) atoms. The van der Waals surface area contributed by atoms with E-state index in [1.54, 1.807) is 19.2 Å². The molecule has 2 aromatic rings. The van der Waals surface area contributed by atoms with Gasteiger partial charge in [0.1, 0.15) is 5.75 Å². The Labute approximate surface area is 122 Å². The van der Waals surface area contributed by atoms with Crippen LogP contribution < -0.4 is 10.5 Å². The number of ether oxygens (including phenoxy) is 1. The van der Waals surface area contributed by atoms with Gasteiger partial charge in [0.05, 0.1) is 21.4 Å². The van der Waals surface area contributed by atoms with Gasteiger partial charge in [-0.1, -0.05) is 23.2 Å². The van der Waals surface area contributed by atoms with Crippen molar-refractivity contribution >= 4 is 51.6 Å². The smallest absolute Gasteiger partial charge is 0.159 e. The first kappa shape index (κ1) is 12.8. The summed E-state index contributed by atoms with van der Waals surface area (Å²) in [4.78, 5) is 0. The minimum atomic E-state index is 0.429. The molecule has 0 aliphatic carbocycles.